The maximum Gasteiger partial charge on any atom is 0.326 e. The number of carboxylic acid groups (broad SMARTS) is 3. The molecule has 0 fully saturated rings. The number of guanidine groups is 1. The van der Waals surface area contributed by atoms with Gasteiger partial charge in [-0.2, -0.15) is 11.8 Å². The van der Waals surface area contributed by atoms with Gasteiger partial charge in [0.05, 0.1) is 32.0 Å². The Labute approximate surface area is 432 Å². The van der Waals surface area contributed by atoms with Gasteiger partial charge >= 0.3 is 17.9 Å². The normalized spacial score (nSPS) is 13.6. The Kier molecular flexibility index (Phi) is 24.8. The molecule has 2 aromatic carbocycles. The van der Waals surface area contributed by atoms with Crippen LogP contribution in [0, 0.1) is 0 Å². The number of phenols is 1. The van der Waals surface area contributed by atoms with Crippen LogP contribution in [0.1, 0.15) is 50.2 Å². The van der Waals surface area contributed by atoms with Crippen LogP contribution in [-0.2, 0) is 65.6 Å². The zero-order valence-electron chi connectivity index (χ0n) is 40.9. The second-order valence-corrected chi connectivity index (χ2v) is 17.9. The molecule has 0 saturated heterocycles. The third-order valence-corrected chi connectivity index (χ3v) is 11.6. The van der Waals surface area contributed by atoms with Gasteiger partial charge in [-0.3, -0.25) is 52.9 Å². The third kappa shape index (κ3) is 21.6. The highest BCUT2D eigenvalue weighted by molar-refractivity contribution is 7.98. The van der Waals surface area contributed by atoms with Crippen molar-refractivity contribution in [2.45, 2.75) is 94.2 Å². The van der Waals surface area contributed by atoms with Crippen LogP contribution in [0.25, 0.3) is 10.9 Å². The smallest absolute Gasteiger partial charge is 0.326 e. The lowest BCUT2D eigenvalue weighted by atomic mass is 10.0. The molecule has 0 aliphatic heterocycles. The monoisotopic (exact) mass is 1070 g/mol. The number of carbonyl (C=O) groups is 11. The van der Waals surface area contributed by atoms with Gasteiger partial charge in [0.25, 0.3) is 0 Å². The fourth-order valence-electron chi connectivity index (χ4n) is 7.04. The predicted molar refractivity (Wildman–Crippen MR) is 270 cm³/mol. The number of aliphatic imine (C=N–C) groups is 1. The molecule has 0 aliphatic rings. The summed E-state index contributed by atoms with van der Waals surface area (Å²) in [7, 11) is 0. The van der Waals surface area contributed by atoms with Gasteiger partial charge in [-0.15, -0.1) is 0 Å². The van der Waals surface area contributed by atoms with Crippen molar-refractivity contribution >= 4 is 93.8 Å². The van der Waals surface area contributed by atoms with Gasteiger partial charge in [0.15, 0.2) is 5.96 Å². The van der Waals surface area contributed by atoms with Crippen LogP contribution < -0.4 is 59.7 Å². The molecule has 408 valence electrons. The number of carbonyl (C=O) groups excluding carboxylic acids is 8. The standard InChI is InChI=1S/C46H63N13O15S/c1-23(39(67)56-31(13-15-75-2)43(71)58-33(19-38(65)66)44(72)59-34(45(73)74)16-24-9-11-26(60)12-10-24)54-35(61)21-53-42(70)32(17-25-20-51-29-7-4-3-6-27(25)29)55-36(62)22-52-41(69)30(8-5-14-50-46(48)49)57-40(68)28(47)18-37(63)64/h3-4,6-7,9-12,20,23,28,30-34,51,60H,5,8,13-19,21-22,47H2,1-2H3,(H,52,69)(H,53,70)(H,54,61)(H,55,62)(H,56,67)(H,57,68)(H,58,71)(H,59,72)(H,63,64)(H,65,66)(H,73,74)(H4,48,49,50)/t23-,28-,30-,31-,32-,33-,34-/m0/s1. The zero-order valence-corrected chi connectivity index (χ0v) is 41.7. The Balaban J connectivity index is 1.68. The number of para-hydroxylation sites is 1. The molecule has 0 spiro atoms. The van der Waals surface area contributed by atoms with Gasteiger partial charge in [-0.1, -0.05) is 30.3 Å². The largest absolute Gasteiger partial charge is 0.508 e. The number of phenolic OH excluding ortho intramolecular Hbond substituents is 1. The highest BCUT2D eigenvalue weighted by atomic mass is 32.2. The predicted octanol–water partition coefficient (Wildman–Crippen LogP) is -4.01. The average Bonchev–Trinajstić information content (AvgIpc) is 3.76. The maximum atomic E-state index is 13.7. The molecule has 0 aliphatic carbocycles. The second kappa shape index (κ2) is 30.5. The van der Waals surface area contributed by atoms with E-state index in [0.29, 0.717) is 22.0 Å². The van der Waals surface area contributed by atoms with E-state index in [1.54, 1.807) is 36.7 Å². The number of aromatic hydroxyl groups is 1. The van der Waals surface area contributed by atoms with Crippen molar-refractivity contribution in [2.75, 3.05) is 31.6 Å². The molecule has 1 heterocycles. The SMILES string of the molecule is CSCC[C@H](NC(=O)[C@H](C)NC(=O)CNC(=O)[C@H](Cc1c[nH]c2ccccc12)NC(=O)CNC(=O)[C@H](CCCN=C(N)N)NC(=O)[C@@H](N)CC(=O)O)C(=O)N[C@@H](CC(=O)O)C(=O)N[C@@H](Cc1ccc(O)cc1)C(=O)O. The summed E-state index contributed by atoms with van der Waals surface area (Å²) in [5.74, 6) is -11.9. The van der Waals surface area contributed by atoms with Crippen molar-refractivity contribution in [1.82, 2.24) is 47.5 Å². The highest BCUT2D eigenvalue weighted by Gasteiger charge is 2.33. The number of nitrogens with one attached hydrogen (secondary N) is 9. The van der Waals surface area contributed by atoms with Crippen LogP contribution in [0.5, 0.6) is 5.75 Å². The van der Waals surface area contributed by atoms with Crippen molar-refractivity contribution in [2.24, 2.45) is 22.2 Å². The molecule has 0 radical (unpaired) electrons. The van der Waals surface area contributed by atoms with Crippen LogP contribution in [0.2, 0.25) is 0 Å². The van der Waals surface area contributed by atoms with E-state index >= 15 is 0 Å². The van der Waals surface area contributed by atoms with E-state index < -0.39 is 133 Å². The molecule has 0 unspecified atom stereocenters. The van der Waals surface area contributed by atoms with Gasteiger partial charge in [0, 0.05) is 36.5 Å². The molecule has 29 heteroatoms. The van der Waals surface area contributed by atoms with Gasteiger partial charge in [-0.05, 0) is 67.5 Å². The number of benzene rings is 2. The van der Waals surface area contributed by atoms with Crippen LogP contribution in [0.3, 0.4) is 0 Å². The van der Waals surface area contributed by atoms with Crippen molar-refractivity contribution in [3.8, 4) is 5.75 Å². The van der Waals surface area contributed by atoms with E-state index in [1.165, 1.54) is 43.0 Å². The van der Waals surface area contributed by atoms with Gasteiger partial charge in [0.2, 0.25) is 47.3 Å². The van der Waals surface area contributed by atoms with E-state index in [9.17, 15) is 68.1 Å². The molecule has 75 heavy (non-hydrogen) atoms. The molecule has 3 aromatic rings. The van der Waals surface area contributed by atoms with E-state index in [1.807, 2.05) is 0 Å². The zero-order chi connectivity index (χ0) is 55.8. The number of hydrogen-bond acceptors (Lipinski definition) is 15. The van der Waals surface area contributed by atoms with Crippen molar-refractivity contribution < 1.29 is 73.2 Å². The number of nitrogens with two attached hydrogens (primary N) is 3. The molecule has 3 rings (SSSR count). The summed E-state index contributed by atoms with van der Waals surface area (Å²) in [6, 6.07) is 2.23. The quantitative estimate of drug-likeness (QED) is 0.0161. The second-order valence-electron chi connectivity index (χ2n) is 16.9. The molecule has 28 nitrogen and oxygen atoms in total. The molecular weight excluding hydrogens is 1010 g/mol. The average molecular weight is 1070 g/mol. The number of amides is 8. The maximum absolute atomic E-state index is 13.7. The number of aromatic nitrogens is 1. The Morgan fingerprint density at radius 3 is 1.81 bits per heavy atom. The summed E-state index contributed by atoms with van der Waals surface area (Å²) in [5, 5.41) is 57.6. The first-order chi connectivity index (χ1) is 35.5. The van der Waals surface area contributed by atoms with Crippen molar-refractivity contribution in [3.05, 3.63) is 65.9 Å². The molecular formula is C46H63N13O15S. The van der Waals surface area contributed by atoms with Crippen LogP contribution in [0.15, 0.2) is 59.7 Å². The Hall–Kier alpha value is -8.47. The third-order valence-electron chi connectivity index (χ3n) is 10.9. The lowest BCUT2D eigenvalue weighted by molar-refractivity contribution is -0.143. The van der Waals surface area contributed by atoms with Crippen LogP contribution in [0.4, 0.5) is 0 Å². The minimum atomic E-state index is -1.79. The lowest BCUT2D eigenvalue weighted by Gasteiger charge is -2.25. The fraction of sp³-hybridized carbons (Fsp3) is 0.435. The van der Waals surface area contributed by atoms with E-state index in [0.717, 1.165) is 0 Å². The van der Waals surface area contributed by atoms with Crippen molar-refractivity contribution in [1.29, 1.82) is 0 Å². The number of H-pyrrole nitrogens is 1. The molecule has 1 aromatic heterocycles. The molecule has 8 amide bonds. The van der Waals surface area contributed by atoms with E-state index in [4.69, 9.17) is 22.3 Å². The number of thioether (sulfide) groups is 1. The number of aromatic amines is 1. The lowest BCUT2D eigenvalue weighted by Crippen LogP contribution is -2.58. The van der Waals surface area contributed by atoms with Crippen molar-refractivity contribution in [3.63, 3.8) is 0 Å². The number of hydrogen-bond donors (Lipinski definition) is 16. The Morgan fingerprint density at radius 1 is 0.640 bits per heavy atom. The van der Waals surface area contributed by atoms with Gasteiger partial charge in [0.1, 0.15) is 42.0 Å². The van der Waals surface area contributed by atoms with Crippen LogP contribution >= 0.6 is 11.8 Å². The summed E-state index contributed by atoms with van der Waals surface area (Å²) < 4.78 is 0. The van der Waals surface area contributed by atoms with Gasteiger partial charge in [-0.25, -0.2) is 4.79 Å². The summed E-state index contributed by atoms with van der Waals surface area (Å²) in [5.41, 5.74) is 18.1. The summed E-state index contributed by atoms with van der Waals surface area (Å²) >= 11 is 1.29. The molecule has 0 saturated carbocycles. The first-order valence-electron chi connectivity index (χ1n) is 23.1. The van der Waals surface area contributed by atoms with E-state index in [2.05, 4.69) is 52.5 Å². The number of nitrogens with zero attached hydrogens (tertiary/aromatic N) is 1. The van der Waals surface area contributed by atoms with Gasteiger partial charge < -0.3 is 85.1 Å². The number of carboxylic acids is 3. The summed E-state index contributed by atoms with van der Waals surface area (Å²) in [6.45, 7) is -0.131. The summed E-state index contributed by atoms with van der Waals surface area (Å²) in [4.78, 5) is 148. The first-order valence-corrected chi connectivity index (χ1v) is 24.5. The number of fused-ring (bicyclic) bond motifs is 1. The van der Waals surface area contributed by atoms with Crippen LogP contribution in [-0.4, -0.2) is 170 Å². The number of aliphatic carboxylic acids is 3. The minimum Gasteiger partial charge on any atom is -0.508 e. The topological polar surface area (TPSA) is 471 Å². The highest BCUT2D eigenvalue weighted by Crippen LogP contribution is 2.19. The summed E-state index contributed by atoms with van der Waals surface area (Å²) in [6.07, 6.45) is 1.30. The first kappa shape index (κ1) is 60.8. The Bertz CT molecular complexity index is 2560. The Morgan fingerprint density at radius 2 is 1.20 bits per heavy atom. The molecule has 7 atom stereocenters. The molecule has 19 N–H and O–H groups in total. The number of rotatable bonds is 32. The fourth-order valence-corrected chi connectivity index (χ4v) is 7.52. The minimum absolute atomic E-state index is 0.0379. The van der Waals surface area contributed by atoms with E-state index in [-0.39, 0.29) is 56.1 Å². The molecule has 0 bridgehead atoms.